The third-order valence-corrected chi connectivity index (χ3v) is 3.12. The summed E-state index contributed by atoms with van der Waals surface area (Å²) in [6.45, 7) is 4.12. The molecular weight excluding hydrogens is 311 g/mol. The van der Waals surface area contributed by atoms with Crippen LogP contribution in [0.3, 0.4) is 0 Å². The Morgan fingerprint density at radius 1 is 1.26 bits per heavy atom. The first-order valence-corrected chi connectivity index (χ1v) is 7.05. The summed E-state index contributed by atoms with van der Waals surface area (Å²) in [6.07, 6.45) is -4.03. The van der Waals surface area contributed by atoms with Crippen molar-refractivity contribution in [3.8, 4) is 11.4 Å². The fourth-order valence-corrected chi connectivity index (χ4v) is 1.81. The molecule has 0 unspecified atom stereocenters. The average Bonchev–Trinajstić information content (AvgIpc) is 2.97. The largest absolute Gasteiger partial charge is 0.471 e. The highest BCUT2D eigenvalue weighted by atomic mass is 19.4. The van der Waals surface area contributed by atoms with Crippen LogP contribution in [0.2, 0.25) is 0 Å². The van der Waals surface area contributed by atoms with Crippen molar-refractivity contribution in [2.75, 3.05) is 6.54 Å². The van der Waals surface area contributed by atoms with Crippen molar-refractivity contribution in [2.45, 2.75) is 26.4 Å². The Bertz CT molecular complexity index is 663. The highest BCUT2D eigenvalue weighted by Gasteiger charge is 2.38. The Kier molecular flexibility index (Phi) is 5.02. The van der Waals surface area contributed by atoms with Crippen molar-refractivity contribution in [3.05, 3.63) is 35.7 Å². The quantitative estimate of drug-likeness (QED) is 0.916. The lowest BCUT2D eigenvalue weighted by Gasteiger charge is -2.07. The molecule has 1 aromatic carbocycles. The zero-order valence-electron chi connectivity index (χ0n) is 12.6. The first kappa shape index (κ1) is 17.0. The zero-order valence-corrected chi connectivity index (χ0v) is 12.6. The molecule has 0 aliphatic rings. The summed E-state index contributed by atoms with van der Waals surface area (Å²) in [5.74, 6) is -1.57. The molecule has 0 spiro atoms. The molecule has 0 saturated heterocycles. The third-order valence-electron chi connectivity index (χ3n) is 3.12. The van der Waals surface area contributed by atoms with Crippen LogP contribution in [0.25, 0.3) is 11.4 Å². The van der Waals surface area contributed by atoms with E-state index in [0.717, 1.165) is 5.56 Å². The molecule has 0 bridgehead atoms. The van der Waals surface area contributed by atoms with Gasteiger partial charge in [0.05, 0.1) is 0 Å². The maximum atomic E-state index is 12.4. The summed E-state index contributed by atoms with van der Waals surface area (Å²) in [6, 6.07) is 6.73. The van der Waals surface area contributed by atoms with E-state index in [2.05, 4.69) is 20.0 Å². The molecule has 0 fully saturated rings. The summed E-state index contributed by atoms with van der Waals surface area (Å²) >= 11 is 0. The van der Waals surface area contributed by atoms with Crippen molar-refractivity contribution in [1.29, 1.82) is 0 Å². The van der Waals surface area contributed by atoms with Gasteiger partial charge in [-0.1, -0.05) is 43.3 Å². The van der Waals surface area contributed by atoms with Crippen molar-refractivity contribution in [1.82, 2.24) is 15.5 Å². The number of carbonyl (C=O) groups is 1. The molecule has 1 heterocycles. The lowest BCUT2D eigenvalue weighted by atomic mass is 10.1. The minimum atomic E-state index is -4.65. The Labute approximate surface area is 130 Å². The minimum Gasteiger partial charge on any atom is -0.356 e. The van der Waals surface area contributed by atoms with Gasteiger partial charge in [0.25, 0.3) is 0 Å². The molecule has 0 saturated carbocycles. The van der Waals surface area contributed by atoms with Crippen molar-refractivity contribution >= 4 is 5.91 Å². The molecule has 23 heavy (non-hydrogen) atoms. The number of benzene rings is 1. The molecule has 124 valence electrons. The number of carbonyl (C=O) groups excluding carboxylic acids is 1. The highest BCUT2D eigenvalue weighted by Crippen LogP contribution is 2.29. The molecule has 2 aromatic rings. The first-order chi connectivity index (χ1) is 10.8. The number of hydrogen-bond acceptors (Lipinski definition) is 4. The van der Waals surface area contributed by atoms with Crippen LogP contribution in [0.4, 0.5) is 13.2 Å². The first-order valence-electron chi connectivity index (χ1n) is 7.05. The van der Waals surface area contributed by atoms with Gasteiger partial charge < -0.3 is 9.84 Å². The van der Waals surface area contributed by atoms with Gasteiger partial charge in [-0.15, -0.1) is 0 Å². The number of halogens is 3. The van der Waals surface area contributed by atoms with E-state index < -0.39 is 12.1 Å². The second kappa shape index (κ2) is 6.80. The fraction of sp³-hybridized carbons (Fsp3) is 0.400. The number of rotatable bonds is 5. The molecular formula is C15H16F3N3O2. The smallest absolute Gasteiger partial charge is 0.356 e. The van der Waals surface area contributed by atoms with E-state index in [9.17, 15) is 18.0 Å². The van der Waals surface area contributed by atoms with Crippen LogP contribution < -0.4 is 5.32 Å². The Morgan fingerprint density at radius 3 is 2.43 bits per heavy atom. The van der Waals surface area contributed by atoms with Crippen LogP contribution in [0.15, 0.2) is 28.8 Å². The van der Waals surface area contributed by atoms with Crippen LogP contribution in [-0.4, -0.2) is 22.6 Å². The van der Waals surface area contributed by atoms with Gasteiger partial charge in [-0.05, 0) is 12.0 Å². The maximum Gasteiger partial charge on any atom is 0.471 e. The van der Waals surface area contributed by atoms with Gasteiger partial charge in [0.1, 0.15) is 0 Å². The van der Waals surface area contributed by atoms with Crippen LogP contribution in [0.1, 0.15) is 25.3 Å². The number of amides is 1. The van der Waals surface area contributed by atoms with E-state index in [0.29, 0.717) is 18.5 Å². The van der Waals surface area contributed by atoms with Crippen molar-refractivity contribution in [2.24, 2.45) is 5.92 Å². The third kappa shape index (κ3) is 4.54. The van der Waals surface area contributed by atoms with Crippen molar-refractivity contribution < 1.29 is 22.5 Å². The Hall–Kier alpha value is -2.38. The van der Waals surface area contributed by atoms with Gasteiger partial charge in [0.2, 0.25) is 11.7 Å². The Balaban J connectivity index is 1.97. The topological polar surface area (TPSA) is 68.0 Å². The maximum absolute atomic E-state index is 12.4. The highest BCUT2D eigenvalue weighted by molar-refractivity contribution is 5.77. The van der Waals surface area contributed by atoms with Gasteiger partial charge in [0, 0.05) is 18.0 Å². The summed E-state index contributed by atoms with van der Waals surface area (Å²) in [7, 11) is 0. The van der Waals surface area contributed by atoms with Crippen LogP contribution in [0.5, 0.6) is 0 Å². The normalized spacial score (nSPS) is 11.7. The van der Waals surface area contributed by atoms with Crippen LogP contribution in [-0.2, 0) is 17.4 Å². The van der Waals surface area contributed by atoms with E-state index in [1.807, 2.05) is 13.8 Å². The summed E-state index contributed by atoms with van der Waals surface area (Å²) in [4.78, 5) is 14.8. The zero-order chi connectivity index (χ0) is 17.0. The van der Waals surface area contributed by atoms with Crippen molar-refractivity contribution in [3.63, 3.8) is 0 Å². The SMILES string of the molecule is CC(C)C(=O)NCCc1ccc(-c2noc(C(F)(F)F)n2)cc1. The number of nitrogens with zero attached hydrogens (tertiary/aromatic N) is 2. The average molecular weight is 327 g/mol. The van der Waals surface area contributed by atoms with E-state index >= 15 is 0 Å². The molecule has 0 aliphatic carbocycles. The van der Waals surface area contributed by atoms with Gasteiger partial charge in [-0.2, -0.15) is 18.2 Å². The van der Waals surface area contributed by atoms with E-state index in [1.165, 1.54) is 0 Å². The molecule has 0 radical (unpaired) electrons. The predicted molar refractivity (Wildman–Crippen MR) is 76.3 cm³/mol. The van der Waals surface area contributed by atoms with Gasteiger partial charge in [-0.3, -0.25) is 4.79 Å². The second-order valence-electron chi connectivity index (χ2n) is 5.31. The minimum absolute atomic E-state index is 0.0203. The predicted octanol–water partition coefficient (Wildman–Crippen LogP) is 3.07. The lowest BCUT2D eigenvalue weighted by Crippen LogP contribution is -2.29. The molecule has 0 aliphatic heterocycles. The summed E-state index contributed by atoms with van der Waals surface area (Å²) in [5.41, 5.74) is 1.37. The molecule has 2 rings (SSSR count). The molecule has 5 nitrogen and oxygen atoms in total. The number of aromatic nitrogens is 2. The fourth-order valence-electron chi connectivity index (χ4n) is 1.81. The number of nitrogens with one attached hydrogen (secondary N) is 1. The Morgan fingerprint density at radius 2 is 1.91 bits per heavy atom. The molecule has 8 heteroatoms. The number of hydrogen-bond donors (Lipinski definition) is 1. The number of alkyl halides is 3. The van der Waals surface area contributed by atoms with Gasteiger partial charge in [-0.25, -0.2) is 0 Å². The second-order valence-corrected chi connectivity index (χ2v) is 5.31. The van der Waals surface area contributed by atoms with Crippen LogP contribution >= 0.6 is 0 Å². The standard InChI is InChI=1S/C15H16F3N3O2/c1-9(2)13(22)19-8-7-10-3-5-11(6-4-10)12-20-14(23-21-12)15(16,17)18/h3-6,9H,7-8H2,1-2H3,(H,19,22). The molecule has 1 aromatic heterocycles. The lowest BCUT2D eigenvalue weighted by molar-refractivity contribution is -0.159. The van der Waals surface area contributed by atoms with Gasteiger partial charge >= 0.3 is 12.1 Å². The molecule has 1 N–H and O–H groups in total. The molecule has 0 atom stereocenters. The summed E-state index contributed by atoms with van der Waals surface area (Å²) in [5, 5.41) is 6.12. The molecule has 1 amide bonds. The summed E-state index contributed by atoms with van der Waals surface area (Å²) < 4.78 is 41.4. The van der Waals surface area contributed by atoms with E-state index in [1.54, 1.807) is 24.3 Å². The van der Waals surface area contributed by atoms with Gasteiger partial charge in [0.15, 0.2) is 0 Å². The van der Waals surface area contributed by atoms with E-state index in [-0.39, 0.29) is 17.6 Å². The van der Waals surface area contributed by atoms with Crippen LogP contribution in [0, 0.1) is 5.92 Å². The monoisotopic (exact) mass is 327 g/mol. The van der Waals surface area contributed by atoms with E-state index in [4.69, 9.17) is 0 Å².